The van der Waals surface area contributed by atoms with Gasteiger partial charge in [-0.2, -0.15) is 0 Å². The zero-order chi connectivity index (χ0) is 16.7. The number of hydrogen-bond donors (Lipinski definition) is 1. The van der Waals surface area contributed by atoms with Crippen LogP contribution in [-0.4, -0.2) is 26.9 Å². The number of primary amides is 1. The van der Waals surface area contributed by atoms with Gasteiger partial charge in [0.15, 0.2) is 6.79 Å². The molecule has 2 N–H and O–H groups in total. The molecule has 0 bridgehead atoms. The van der Waals surface area contributed by atoms with E-state index in [1.165, 1.54) is 18.4 Å². The van der Waals surface area contributed by atoms with Crippen LogP contribution in [0.3, 0.4) is 0 Å². The maximum atomic E-state index is 11.8. The first-order valence-corrected chi connectivity index (χ1v) is 7.90. The second-order valence-corrected chi connectivity index (χ2v) is 5.71. The lowest BCUT2D eigenvalue weighted by Crippen LogP contribution is -2.16. The standard InChI is InChI=1S/C18H25NO4/c1-21-11-14-8-9-15(18(19)20)17(23-12-22-2)16(14)10-13-6-4-3-5-7-13/h6,8-9H,3-5,7,10-12H2,1-2H3,(H2,19,20). The van der Waals surface area contributed by atoms with E-state index in [4.69, 9.17) is 19.9 Å². The number of hydrogen-bond acceptors (Lipinski definition) is 4. The third-order valence-electron chi connectivity index (χ3n) is 4.03. The molecule has 1 aromatic rings. The number of carbonyl (C=O) groups is 1. The van der Waals surface area contributed by atoms with Crippen molar-refractivity contribution in [1.82, 2.24) is 0 Å². The third kappa shape index (κ3) is 4.56. The van der Waals surface area contributed by atoms with Crippen LogP contribution >= 0.6 is 0 Å². The van der Waals surface area contributed by atoms with Crippen molar-refractivity contribution in [2.24, 2.45) is 5.73 Å². The van der Waals surface area contributed by atoms with Crippen LogP contribution in [0.5, 0.6) is 5.75 Å². The number of benzene rings is 1. The predicted molar refractivity (Wildman–Crippen MR) is 88.4 cm³/mol. The Morgan fingerprint density at radius 2 is 2.04 bits per heavy atom. The number of carbonyl (C=O) groups excluding carboxylic acids is 1. The molecule has 0 unspecified atom stereocenters. The summed E-state index contributed by atoms with van der Waals surface area (Å²) in [5.41, 5.74) is 9.24. The van der Waals surface area contributed by atoms with E-state index < -0.39 is 5.91 Å². The van der Waals surface area contributed by atoms with Crippen molar-refractivity contribution in [2.45, 2.75) is 38.7 Å². The highest BCUT2D eigenvalue weighted by atomic mass is 16.7. The van der Waals surface area contributed by atoms with Crippen LogP contribution in [0, 0.1) is 0 Å². The molecule has 23 heavy (non-hydrogen) atoms. The lowest BCUT2D eigenvalue weighted by molar-refractivity contribution is 0.0494. The second kappa shape index (κ2) is 8.70. The zero-order valence-corrected chi connectivity index (χ0v) is 13.9. The molecule has 0 saturated carbocycles. The van der Waals surface area contributed by atoms with Gasteiger partial charge >= 0.3 is 0 Å². The number of amides is 1. The van der Waals surface area contributed by atoms with Gasteiger partial charge in [0.25, 0.3) is 5.91 Å². The first-order chi connectivity index (χ1) is 11.2. The molecule has 0 radical (unpaired) electrons. The quantitative estimate of drug-likeness (QED) is 0.591. The van der Waals surface area contributed by atoms with E-state index in [0.717, 1.165) is 30.4 Å². The van der Waals surface area contributed by atoms with Crippen LogP contribution in [0.4, 0.5) is 0 Å². The largest absolute Gasteiger partial charge is 0.466 e. The number of nitrogens with two attached hydrogens (primary N) is 1. The Kier molecular flexibility index (Phi) is 6.62. The summed E-state index contributed by atoms with van der Waals surface area (Å²) in [5.74, 6) is 0.0133. The minimum absolute atomic E-state index is 0.0722. The Balaban J connectivity index is 2.44. The molecule has 5 heteroatoms. The first kappa shape index (κ1) is 17.5. The van der Waals surface area contributed by atoms with Crippen molar-refractivity contribution in [1.29, 1.82) is 0 Å². The molecule has 1 aromatic carbocycles. The van der Waals surface area contributed by atoms with Crippen molar-refractivity contribution >= 4 is 5.91 Å². The Hall–Kier alpha value is -1.85. The van der Waals surface area contributed by atoms with Gasteiger partial charge in [-0.15, -0.1) is 0 Å². The molecule has 1 amide bonds. The average Bonchev–Trinajstić information content (AvgIpc) is 2.55. The average molecular weight is 319 g/mol. The van der Waals surface area contributed by atoms with E-state index in [1.54, 1.807) is 20.3 Å². The van der Waals surface area contributed by atoms with E-state index in [0.29, 0.717) is 17.9 Å². The monoisotopic (exact) mass is 319 g/mol. The molecule has 1 aliphatic carbocycles. The normalized spacial score (nSPS) is 14.4. The van der Waals surface area contributed by atoms with Crippen LogP contribution in [0.25, 0.3) is 0 Å². The molecular weight excluding hydrogens is 294 g/mol. The lowest BCUT2D eigenvalue weighted by Gasteiger charge is -2.20. The molecule has 1 aliphatic rings. The lowest BCUT2D eigenvalue weighted by atomic mass is 9.90. The molecular formula is C18H25NO4. The summed E-state index contributed by atoms with van der Waals surface area (Å²) in [6, 6.07) is 3.59. The van der Waals surface area contributed by atoms with Crippen LogP contribution in [0.1, 0.15) is 47.2 Å². The zero-order valence-electron chi connectivity index (χ0n) is 13.9. The van der Waals surface area contributed by atoms with Crippen LogP contribution in [0.2, 0.25) is 0 Å². The van der Waals surface area contributed by atoms with Gasteiger partial charge in [-0.1, -0.05) is 17.7 Å². The fourth-order valence-corrected chi connectivity index (χ4v) is 2.92. The van der Waals surface area contributed by atoms with Gasteiger partial charge in [0.05, 0.1) is 12.2 Å². The summed E-state index contributed by atoms with van der Waals surface area (Å²) >= 11 is 0. The van der Waals surface area contributed by atoms with E-state index in [-0.39, 0.29) is 6.79 Å². The summed E-state index contributed by atoms with van der Waals surface area (Å²) < 4.78 is 16.0. The summed E-state index contributed by atoms with van der Waals surface area (Å²) in [4.78, 5) is 11.8. The highest BCUT2D eigenvalue weighted by molar-refractivity contribution is 5.96. The second-order valence-electron chi connectivity index (χ2n) is 5.71. The maximum absolute atomic E-state index is 11.8. The van der Waals surface area contributed by atoms with Crippen molar-refractivity contribution in [2.75, 3.05) is 21.0 Å². The van der Waals surface area contributed by atoms with E-state index in [1.807, 2.05) is 6.07 Å². The predicted octanol–water partition coefficient (Wildman–Crippen LogP) is 2.96. The van der Waals surface area contributed by atoms with Gasteiger partial charge < -0.3 is 19.9 Å². The van der Waals surface area contributed by atoms with Crippen molar-refractivity contribution in [3.05, 3.63) is 40.5 Å². The molecule has 0 aliphatic heterocycles. The highest BCUT2D eigenvalue weighted by Crippen LogP contribution is 2.32. The minimum atomic E-state index is -0.501. The summed E-state index contributed by atoms with van der Waals surface area (Å²) in [6.07, 6.45) is 7.67. The summed E-state index contributed by atoms with van der Waals surface area (Å²) in [5, 5.41) is 0. The smallest absolute Gasteiger partial charge is 0.252 e. The molecule has 0 heterocycles. The number of rotatable bonds is 8. The van der Waals surface area contributed by atoms with Crippen molar-refractivity contribution in [3.63, 3.8) is 0 Å². The molecule has 0 saturated heterocycles. The van der Waals surface area contributed by atoms with Gasteiger partial charge in [-0.05, 0) is 43.7 Å². The molecule has 5 nitrogen and oxygen atoms in total. The fourth-order valence-electron chi connectivity index (χ4n) is 2.92. The molecule has 0 aromatic heterocycles. The highest BCUT2D eigenvalue weighted by Gasteiger charge is 2.19. The van der Waals surface area contributed by atoms with Gasteiger partial charge in [0, 0.05) is 19.8 Å². The van der Waals surface area contributed by atoms with Gasteiger partial charge in [-0.25, -0.2) is 0 Å². The van der Waals surface area contributed by atoms with E-state index in [2.05, 4.69) is 6.08 Å². The number of ether oxygens (including phenoxy) is 3. The fraction of sp³-hybridized carbons (Fsp3) is 0.500. The first-order valence-electron chi connectivity index (χ1n) is 7.90. The minimum Gasteiger partial charge on any atom is -0.466 e. The molecule has 0 atom stereocenters. The van der Waals surface area contributed by atoms with Crippen molar-refractivity contribution in [3.8, 4) is 5.75 Å². The van der Waals surface area contributed by atoms with Crippen LogP contribution < -0.4 is 10.5 Å². The van der Waals surface area contributed by atoms with Crippen LogP contribution in [-0.2, 0) is 22.5 Å². The number of methoxy groups -OCH3 is 2. The third-order valence-corrected chi connectivity index (χ3v) is 4.03. The molecule has 0 spiro atoms. The summed E-state index contributed by atoms with van der Waals surface area (Å²) in [6.45, 7) is 0.535. The van der Waals surface area contributed by atoms with Gasteiger partial charge in [-0.3, -0.25) is 4.79 Å². The number of allylic oxidation sites excluding steroid dienone is 2. The van der Waals surface area contributed by atoms with E-state index >= 15 is 0 Å². The Morgan fingerprint density at radius 3 is 2.65 bits per heavy atom. The van der Waals surface area contributed by atoms with Gasteiger partial charge in [0.1, 0.15) is 5.75 Å². The van der Waals surface area contributed by atoms with Crippen molar-refractivity contribution < 1.29 is 19.0 Å². The molecule has 0 fully saturated rings. The molecule has 126 valence electrons. The summed E-state index contributed by atoms with van der Waals surface area (Å²) in [7, 11) is 3.20. The Morgan fingerprint density at radius 1 is 1.22 bits per heavy atom. The van der Waals surface area contributed by atoms with Crippen LogP contribution in [0.15, 0.2) is 23.8 Å². The van der Waals surface area contributed by atoms with E-state index in [9.17, 15) is 4.79 Å². The van der Waals surface area contributed by atoms with Gasteiger partial charge in [0.2, 0.25) is 0 Å². The Labute approximate surface area is 137 Å². The topological polar surface area (TPSA) is 70.8 Å². The SMILES string of the molecule is COCOc1c(C(N)=O)ccc(COC)c1CC1=CCCCC1. The Bertz CT molecular complexity index is 581. The molecule has 2 rings (SSSR count). The maximum Gasteiger partial charge on any atom is 0.252 e.